The Labute approximate surface area is 125 Å². The number of ether oxygens (including phenoxy) is 2. The van der Waals surface area contributed by atoms with Gasteiger partial charge in [-0.2, -0.15) is 0 Å². The third-order valence-corrected chi connectivity index (χ3v) is 4.61. The van der Waals surface area contributed by atoms with Crippen molar-refractivity contribution in [1.82, 2.24) is 4.90 Å². The summed E-state index contributed by atoms with van der Waals surface area (Å²) < 4.78 is 10.9. The zero-order chi connectivity index (χ0) is 14.4. The Bertz CT molecular complexity index is 681. The van der Waals surface area contributed by atoms with Crippen molar-refractivity contribution in [2.24, 2.45) is 0 Å². The molecule has 2 aromatic rings. The van der Waals surface area contributed by atoms with Crippen LogP contribution in [0.2, 0.25) is 0 Å². The van der Waals surface area contributed by atoms with Crippen molar-refractivity contribution in [2.45, 2.75) is 18.4 Å². The first-order chi connectivity index (χ1) is 10.2. The molecule has 0 aromatic heterocycles. The molecule has 108 valence electrons. The molecule has 0 saturated carbocycles. The molecule has 0 spiro atoms. The highest BCUT2D eigenvalue weighted by Gasteiger charge is 2.33. The molecule has 1 heterocycles. The van der Waals surface area contributed by atoms with Crippen LogP contribution in [0.25, 0.3) is 0 Å². The summed E-state index contributed by atoms with van der Waals surface area (Å²) in [5.74, 6) is 2.16. The number of rotatable bonds is 2. The molecule has 0 amide bonds. The molecular formula is C18H19NO2. The molecule has 0 fully saturated rings. The van der Waals surface area contributed by atoms with Gasteiger partial charge < -0.3 is 14.4 Å². The first-order valence-corrected chi connectivity index (χ1v) is 7.39. The summed E-state index contributed by atoms with van der Waals surface area (Å²) in [6.45, 7) is 0.334. The molecule has 0 saturated heterocycles. The minimum atomic E-state index is 0.334. The second kappa shape index (κ2) is 4.78. The van der Waals surface area contributed by atoms with Crippen LogP contribution < -0.4 is 9.47 Å². The lowest BCUT2D eigenvalue weighted by Gasteiger charge is -2.20. The molecule has 4 rings (SSSR count). The Morgan fingerprint density at radius 1 is 0.952 bits per heavy atom. The third-order valence-electron chi connectivity index (χ3n) is 4.61. The highest BCUT2D eigenvalue weighted by Crippen LogP contribution is 2.47. The summed E-state index contributed by atoms with van der Waals surface area (Å²) in [6, 6.07) is 15.6. The van der Waals surface area contributed by atoms with E-state index in [1.165, 1.54) is 16.7 Å². The molecule has 0 radical (unpaired) electrons. The number of benzene rings is 2. The molecule has 0 bridgehead atoms. The van der Waals surface area contributed by atoms with Gasteiger partial charge in [0.1, 0.15) is 0 Å². The van der Waals surface area contributed by atoms with Gasteiger partial charge >= 0.3 is 0 Å². The van der Waals surface area contributed by atoms with Crippen LogP contribution in [0.15, 0.2) is 42.5 Å². The normalized spacial score (nSPS) is 22.6. The van der Waals surface area contributed by atoms with Gasteiger partial charge in [0.15, 0.2) is 11.5 Å². The smallest absolute Gasteiger partial charge is 0.231 e. The van der Waals surface area contributed by atoms with Crippen LogP contribution in [-0.4, -0.2) is 25.8 Å². The largest absolute Gasteiger partial charge is 0.454 e. The van der Waals surface area contributed by atoms with E-state index in [2.05, 4.69) is 55.4 Å². The van der Waals surface area contributed by atoms with E-state index in [0.717, 1.165) is 17.9 Å². The highest BCUT2D eigenvalue weighted by atomic mass is 16.7. The Morgan fingerprint density at radius 2 is 1.71 bits per heavy atom. The van der Waals surface area contributed by atoms with Crippen LogP contribution in [0.5, 0.6) is 11.5 Å². The van der Waals surface area contributed by atoms with Gasteiger partial charge in [0, 0.05) is 12.0 Å². The second-order valence-electron chi connectivity index (χ2n) is 6.01. The fourth-order valence-electron chi connectivity index (χ4n) is 3.54. The first kappa shape index (κ1) is 12.7. The molecule has 3 nitrogen and oxygen atoms in total. The molecule has 0 N–H and O–H groups in total. The summed E-state index contributed by atoms with van der Waals surface area (Å²) in [5, 5.41) is 0. The van der Waals surface area contributed by atoms with Crippen molar-refractivity contribution in [3.8, 4) is 11.5 Å². The molecule has 2 aliphatic rings. The molecule has 2 aromatic carbocycles. The van der Waals surface area contributed by atoms with Gasteiger partial charge in [-0.25, -0.2) is 0 Å². The lowest BCUT2D eigenvalue weighted by Crippen LogP contribution is -2.17. The van der Waals surface area contributed by atoms with Gasteiger partial charge in [0.25, 0.3) is 0 Å². The lowest BCUT2D eigenvalue weighted by atomic mass is 9.93. The predicted molar refractivity (Wildman–Crippen MR) is 81.9 cm³/mol. The predicted octanol–water partition coefficient (Wildman–Crippen LogP) is 3.55. The molecule has 1 aliphatic carbocycles. The summed E-state index contributed by atoms with van der Waals surface area (Å²) in [5.41, 5.74) is 4.20. The first-order valence-electron chi connectivity index (χ1n) is 7.39. The molecule has 2 atom stereocenters. The van der Waals surface area contributed by atoms with Crippen LogP contribution in [0, 0.1) is 0 Å². The second-order valence-corrected chi connectivity index (χ2v) is 6.01. The number of fused-ring (bicyclic) bond motifs is 2. The van der Waals surface area contributed by atoms with E-state index in [-0.39, 0.29) is 0 Å². The van der Waals surface area contributed by atoms with Crippen molar-refractivity contribution >= 4 is 0 Å². The summed E-state index contributed by atoms with van der Waals surface area (Å²) in [7, 11) is 4.31. The minimum absolute atomic E-state index is 0.334. The van der Waals surface area contributed by atoms with Crippen molar-refractivity contribution < 1.29 is 9.47 Å². The zero-order valence-corrected chi connectivity index (χ0v) is 12.4. The summed E-state index contributed by atoms with van der Waals surface area (Å²) in [4.78, 5) is 2.31. The van der Waals surface area contributed by atoms with Crippen molar-refractivity contribution in [1.29, 1.82) is 0 Å². The number of hydrogen-bond donors (Lipinski definition) is 0. The van der Waals surface area contributed by atoms with E-state index in [4.69, 9.17) is 9.47 Å². The van der Waals surface area contributed by atoms with E-state index in [1.807, 2.05) is 6.07 Å². The van der Waals surface area contributed by atoms with Crippen LogP contribution in [0.4, 0.5) is 0 Å². The maximum absolute atomic E-state index is 5.53. The van der Waals surface area contributed by atoms with Crippen LogP contribution in [0.1, 0.15) is 35.1 Å². The fourth-order valence-corrected chi connectivity index (χ4v) is 3.54. The number of hydrogen-bond acceptors (Lipinski definition) is 3. The van der Waals surface area contributed by atoms with Gasteiger partial charge in [-0.1, -0.05) is 30.3 Å². The van der Waals surface area contributed by atoms with Crippen LogP contribution in [-0.2, 0) is 0 Å². The van der Waals surface area contributed by atoms with Crippen LogP contribution in [0.3, 0.4) is 0 Å². The van der Waals surface area contributed by atoms with E-state index in [9.17, 15) is 0 Å². The van der Waals surface area contributed by atoms with Crippen molar-refractivity contribution in [2.75, 3.05) is 20.9 Å². The fraction of sp³-hybridized carbons (Fsp3) is 0.333. The highest BCUT2D eigenvalue weighted by molar-refractivity contribution is 5.50. The topological polar surface area (TPSA) is 21.7 Å². The van der Waals surface area contributed by atoms with E-state index in [1.54, 1.807) is 0 Å². The average Bonchev–Trinajstić information content (AvgIpc) is 3.10. The minimum Gasteiger partial charge on any atom is -0.454 e. The summed E-state index contributed by atoms with van der Waals surface area (Å²) in [6.07, 6.45) is 1.12. The summed E-state index contributed by atoms with van der Waals surface area (Å²) >= 11 is 0. The molecule has 21 heavy (non-hydrogen) atoms. The van der Waals surface area contributed by atoms with E-state index < -0.39 is 0 Å². The quantitative estimate of drug-likeness (QED) is 0.840. The maximum atomic E-state index is 5.53. The Kier molecular flexibility index (Phi) is 2.89. The Hall–Kier alpha value is -2.00. The van der Waals surface area contributed by atoms with Gasteiger partial charge in [0.05, 0.1) is 0 Å². The molecule has 1 aliphatic heterocycles. The van der Waals surface area contributed by atoms with Crippen molar-refractivity contribution in [3.05, 3.63) is 59.2 Å². The monoisotopic (exact) mass is 281 g/mol. The maximum Gasteiger partial charge on any atom is 0.231 e. The van der Waals surface area contributed by atoms with Crippen LogP contribution >= 0.6 is 0 Å². The van der Waals surface area contributed by atoms with Gasteiger partial charge in [-0.05, 0) is 49.3 Å². The van der Waals surface area contributed by atoms with Gasteiger partial charge in [-0.15, -0.1) is 0 Å². The van der Waals surface area contributed by atoms with E-state index in [0.29, 0.717) is 18.8 Å². The number of nitrogens with zero attached hydrogens (tertiary/aromatic N) is 1. The Morgan fingerprint density at radius 3 is 2.52 bits per heavy atom. The third kappa shape index (κ3) is 2.00. The van der Waals surface area contributed by atoms with E-state index >= 15 is 0 Å². The van der Waals surface area contributed by atoms with Gasteiger partial charge in [0.2, 0.25) is 6.79 Å². The van der Waals surface area contributed by atoms with Crippen molar-refractivity contribution in [3.63, 3.8) is 0 Å². The van der Waals surface area contributed by atoms with Gasteiger partial charge in [-0.3, -0.25) is 0 Å². The molecule has 3 heteroatoms. The average molecular weight is 281 g/mol. The standard InChI is InChI=1S/C18H19NO2/c1-19(2)16-10-15(13-5-3-4-6-14(13)16)12-7-8-17-18(9-12)21-11-20-17/h3-9,15-16H,10-11H2,1-2H3/t15-,16-/m0/s1. The lowest BCUT2D eigenvalue weighted by molar-refractivity contribution is 0.174. The molecular weight excluding hydrogens is 262 g/mol. The SMILES string of the molecule is CN(C)[C@H]1C[C@@H](c2ccc3c(c2)OCO3)c2ccccc21. The zero-order valence-electron chi connectivity index (χ0n) is 12.4. The molecule has 0 unspecified atom stereocenters. The Balaban J connectivity index is 1.76.